The normalized spacial score (nSPS) is 11.6. The van der Waals surface area contributed by atoms with Crippen LogP contribution < -0.4 is 0 Å². The minimum atomic E-state index is -0.191. The van der Waals surface area contributed by atoms with E-state index in [1.807, 2.05) is 19.0 Å². The molecule has 0 atom stereocenters. The van der Waals surface area contributed by atoms with Gasteiger partial charge in [0.25, 0.3) is 0 Å². The molecular weight excluding hydrogens is 322 g/mol. The molecule has 0 rings (SSSR count). The Kier molecular flexibility index (Phi) is 18.1. The molecule has 0 aromatic heterocycles. The minimum absolute atomic E-state index is 0.191. The molecule has 0 saturated heterocycles. The van der Waals surface area contributed by atoms with Gasteiger partial charge in [0.1, 0.15) is 0 Å². The van der Waals surface area contributed by atoms with Gasteiger partial charge in [-0.2, -0.15) is 0 Å². The maximum Gasteiger partial charge on any atom is 0.335 e. The average Bonchev–Trinajstić information content (AvgIpc) is 2.60. The van der Waals surface area contributed by atoms with Crippen LogP contribution in [0.25, 0.3) is 0 Å². The number of carbonyl (C=O) groups is 1. The molecular formula is C23H45NO2. The molecule has 154 valence electrons. The van der Waals surface area contributed by atoms with Gasteiger partial charge in [-0.3, -0.25) is 0 Å². The lowest BCUT2D eigenvalue weighted by molar-refractivity contribution is -0.139. The van der Waals surface area contributed by atoms with Crippen LogP contribution in [0, 0.1) is 0 Å². The summed E-state index contributed by atoms with van der Waals surface area (Å²) >= 11 is 0. The number of nitrogens with zero attached hydrogens (tertiary/aromatic N) is 1. The van der Waals surface area contributed by atoms with Crippen molar-refractivity contribution in [2.24, 2.45) is 0 Å². The summed E-state index contributed by atoms with van der Waals surface area (Å²) in [6.07, 6.45) is 22.1. The van der Waals surface area contributed by atoms with E-state index in [2.05, 4.69) is 6.92 Å². The Bertz CT molecular complexity index is 350. The number of carbonyl (C=O) groups excluding carboxylic acids is 1. The maximum absolute atomic E-state index is 11.7. The summed E-state index contributed by atoms with van der Waals surface area (Å²) in [7, 11) is 3.82. The molecule has 0 aliphatic carbocycles. The summed E-state index contributed by atoms with van der Waals surface area (Å²) in [5.41, 5.74) is 0.663. The second kappa shape index (κ2) is 18.8. The van der Waals surface area contributed by atoms with Gasteiger partial charge in [-0.05, 0) is 13.3 Å². The van der Waals surface area contributed by atoms with Crippen molar-refractivity contribution in [3.05, 3.63) is 11.8 Å². The molecule has 0 saturated carbocycles. The van der Waals surface area contributed by atoms with Gasteiger partial charge < -0.3 is 9.64 Å². The van der Waals surface area contributed by atoms with E-state index in [9.17, 15) is 4.79 Å². The van der Waals surface area contributed by atoms with E-state index in [-0.39, 0.29) is 5.97 Å². The fourth-order valence-electron chi connectivity index (χ4n) is 3.19. The highest BCUT2D eigenvalue weighted by Gasteiger charge is 2.05. The first kappa shape index (κ1) is 25.0. The van der Waals surface area contributed by atoms with Gasteiger partial charge in [0.2, 0.25) is 0 Å². The summed E-state index contributed by atoms with van der Waals surface area (Å²) in [4.78, 5) is 13.6. The van der Waals surface area contributed by atoms with Gasteiger partial charge >= 0.3 is 5.97 Å². The number of hydrogen-bond donors (Lipinski definition) is 0. The molecule has 0 unspecified atom stereocenters. The van der Waals surface area contributed by atoms with Crippen molar-refractivity contribution in [1.82, 2.24) is 4.90 Å². The molecule has 0 aromatic carbocycles. The zero-order valence-electron chi connectivity index (χ0n) is 18.2. The predicted molar refractivity (Wildman–Crippen MR) is 113 cm³/mol. The molecule has 0 bridgehead atoms. The van der Waals surface area contributed by atoms with Gasteiger partial charge in [0.05, 0.1) is 6.61 Å². The van der Waals surface area contributed by atoms with Crippen LogP contribution in [-0.4, -0.2) is 31.6 Å². The van der Waals surface area contributed by atoms with E-state index >= 15 is 0 Å². The standard InChI is InChI=1S/C23H45NO2/c1-5-6-7-8-9-10-11-12-13-14-15-16-17-18-19-20-26-23(25)22(2)21-24(3)4/h21H,5-20H2,1-4H3. The lowest BCUT2D eigenvalue weighted by Gasteiger charge is -2.08. The number of hydrogen-bond acceptors (Lipinski definition) is 3. The van der Waals surface area contributed by atoms with Crippen molar-refractivity contribution in [3.8, 4) is 0 Å². The summed E-state index contributed by atoms with van der Waals surface area (Å²) in [6.45, 7) is 4.63. The number of rotatable bonds is 18. The topological polar surface area (TPSA) is 29.5 Å². The first-order valence-corrected chi connectivity index (χ1v) is 11.1. The first-order chi connectivity index (χ1) is 12.6. The molecule has 0 amide bonds. The fraction of sp³-hybridized carbons (Fsp3) is 0.870. The Morgan fingerprint density at radius 1 is 0.731 bits per heavy atom. The molecule has 0 aliphatic heterocycles. The van der Waals surface area contributed by atoms with E-state index in [1.165, 1.54) is 89.9 Å². The molecule has 0 spiro atoms. The zero-order chi connectivity index (χ0) is 19.5. The number of ether oxygens (including phenoxy) is 1. The molecule has 0 aromatic rings. The molecule has 0 aliphatic rings. The summed E-state index contributed by atoms with van der Waals surface area (Å²) in [5.74, 6) is -0.191. The molecule has 26 heavy (non-hydrogen) atoms. The Hall–Kier alpha value is -0.990. The van der Waals surface area contributed by atoms with E-state index in [0.717, 1.165) is 6.42 Å². The highest BCUT2D eigenvalue weighted by molar-refractivity contribution is 5.87. The van der Waals surface area contributed by atoms with Crippen molar-refractivity contribution >= 4 is 5.97 Å². The van der Waals surface area contributed by atoms with Gasteiger partial charge in [0.15, 0.2) is 0 Å². The summed E-state index contributed by atoms with van der Waals surface area (Å²) < 4.78 is 5.28. The fourth-order valence-corrected chi connectivity index (χ4v) is 3.19. The van der Waals surface area contributed by atoms with E-state index in [1.54, 1.807) is 13.1 Å². The van der Waals surface area contributed by atoms with E-state index in [0.29, 0.717) is 12.2 Å². The predicted octanol–water partition coefficient (Wildman–Crippen LogP) is 6.87. The van der Waals surface area contributed by atoms with Gasteiger partial charge in [-0.1, -0.05) is 96.8 Å². The number of unbranched alkanes of at least 4 members (excludes halogenated alkanes) is 14. The van der Waals surface area contributed by atoms with Crippen LogP contribution in [0.3, 0.4) is 0 Å². The monoisotopic (exact) mass is 367 g/mol. The quantitative estimate of drug-likeness (QED) is 0.150. The summed E-state index contributed by atoms with van der Waals surface area (Å²) in [5, 5.41) is 0. The second-order valence-electron chi connectivity index (χ2n) is 7.86. The Balaban J connectivity index is 3.24. The van der Waals surface area contributed by atoms with Crippen molar-refractivity contribution in [2.75, 3.05) is 20.7 Å². The Labute approximate surface area is 163 Å². The lowest BCUT2D eigenvalue weighted by Crippen LogP contribution is -2.11. The zero-order valence-corrected chi connectivity index (χ0v) is 18.2. The molecule has 0 radical (unpaired) electrons. The molecule has 3 nitrogen and oxygen atoms in total. The van der Waals surface area contributed by atoms with Gasteiger partial charge in [-0.25, -0.2) is 4.79 Å². The third-order valence-electron chi connectivity index (χ3n) is 4.75. The van der Waals surface area contributed by atoms with Crippen LogP contribution in [0.1, 0.15) is 110 Å². The Morgan fingerprint density at radius 3 is 1.50 bits per heavy atom. The average molecular weight is 368 g/mol. The van der Waals surface area contributed by atoms with Crippen molar-refractivity contribution in [1.29, 1.82) is 0 Å². The van der Waals surface area contributed by atoms with Crippen molar-refractivity contribution < 1.29 is 9.53 Å². The third-order valence-corrected chi connectivity index (χ3v) is 4.75. The van der Waals surface area contributed by atoms with Crippen LogP contribution >= 0.6 is 0 Å². The molecule has 3 heteroatoms. The van der Waals surface area contributed by atoms with Gasteiger partial charge in [-0.15, -0.1) is 0 Å². The summed E-state index contributed by atoms with van der Waals surface area (Å²) in [6, 6.07) is 0. The van der Waals surface area contributed by atoms with E-state index < -0.39 is 0 Å². The van der Waals surface area contributed by atoms with Gasteiger partial charge in [0, 0.05) is 25.9 Å². The minimum Gasteiger partial charge on any atom is -0.462 e. The van der Waals surface area contributed by atoms with E-state index in [4.69, 9.17) is 4.74 Å². The molecule has 0 heterocycles. The highest BCUT2D eigenvalue weighted by atomic mass is 16.5. The van der Waals surface area contributed by atoms with Crippen LogP contribution in [0.15, 0.2) is 11.8 Å². The molecule has 0 fully saturated rings. The number of esters is 1. The van der Waals surface area contributed by atoms with Crippen LogP contribution in [0.5, 0.6) is 0 Å². The first-order valence-electron chi connectivity index (χ1n) is 11.1. The lowest BCUT2D eigenvalue weighted by atomic mass is 10.0. The van der Waals surface area contributed by atoms with Crippen molar-refractivity contribution in [2.45, 2.75) is 110 Å². The Morgan fingerprint density at radius 2 is 1.12 bits per heavy atom. The third kappa shape index (κ3) is 17.8. The van der Waals surface area contributed by atoms with Crippen LogP contribution in [0.2, 0.25) is 0 Å². The maximum atomic E-state index is 11.7. The largest absolute Gasteiger partial charge is 0.462 e. The second-order valence-corrected chi connectivity index (χ2v) is 7.86. The van der Waals surface area contributed by atoms with Crippen LogP contribution in [-0.2, 0) is 9.53 Å². The highest BCUT2D eigenvalue weighted by Crippen LogP contribution is 2.13. The smallest absolute Gasteiger partial charge is 0.335 e. The van der Waals surface area contributed by atoms with Crippen molar-refractivity contribution in [3.63, 3.8) is 0 Å². The van der Waals surface area contributed by atoms with Crippen LogP contribution in [0.4, 0.5) is 0 Å². The molecule has 0 N–H and O–H groups in total. The SMILES string of the molecule is CCCCCCCCCCCCCCCCCOC(=O)C(C)=CN(C)C.